The number of benzene rings is 3. The molecule has 2 heterocycles. The third kappa shape index (κ3) is 4.20. The molecule has 4 atom stereocenters. The first-order valence-electron chi connectivity index (χ1n) is 10.6. The summed E-state index contributed by atoms with van der Waals surface area (Å²) in [4.78, 5) is 13.2. The molecule has 2 unspecified atom stereocenters. The maximum absolute atomic E-state index is 13.2. The molecule has 1 saturated heterocycles. The van der Waals surface area contributed by atoms with Crippen molar-refractivity contribution in [3.63, 3.8) is 0 Å². The molecule has 2 aliphatic rings. The van der Waals surface area contributed by atoms with Crippen molar-refractivity contribution < 1.29 is 4.79 Å². The quantitative estimate of drug-likeness (QED) is 0.427. The van der Waals surface area contributed by atoms with Gasteiger partial charge in [-0.25, -0.2) is 0 Å². The van der Waals surface area contributed by atoms with Gasteiger partial charge >= 0.3 is 0 Å². The summed E-state index contributed by atoms with van der Waals surface area (Å²) < 4.78 is 0. The van der Waals surface area contributed by atoms with Gasteiger partial charge in [-0.2, -0.15) is 0 Å². The maximum atomic E-state index is 13.2. The lowest BCUT2D eigenvalue weighted by molar-refractivity contribution is -0.124. The fourth-order valence-electron chi connectivity index (χ4n) is 4.79. The molecule has 0 saturated carbocycles. The first-order chi connectivity index (χ1) is 15.5. The number of amides is 1. The summed E-state index contributed by atoms with van der Waals surface area (Å²) in [6.45, 7) is 0.448. The minimum atomic E-state index is -0.353. The predicted molar refractivity (Wildman–Crippen MR) is 131 cm³/mol. The van der Waals surface area contributed by atoms with Gasteiger partial charge in [-0.3, -0.25) is 10.1 Å². The van der Waals surface area contributed by atoms with E-state index in [1.54, 1.807) is 6.07 Å². The molecule has 5 rings (SSSR count). The summed E-state index contributed by atoms with van der Waals surface area (Å²) >= 11 is 18.7. The summed E-state index contributed by atoms with van der Waals surface area (Å²) in [6.07, 6.45) is 0.697. The highest BCUT2D eigenvalue weighted by Crippen LogP contribution is 2.47. The van der Waals surface area contributed by atoms with E-state index in [0.29, 0.717) is 28.0 Å². The van der Waals surface area contributed by atoms with Crippen LogP contribution in [0, 0.1) is 0 Å². The molecule has 32 heavy (non-hydrogen) atoms. The van der Waals surface area contributed by atoms with Gasteiger partial charge in [0.1, 0.15) is 0 Å². The Labute approximate surface area is 202 Å². The monoisotopic (exact) mass is 485 g/mol. The molecule has 3 aromatic rings. The number of piperidine rings is 1. The topological polar surface area (TPSA) is 53.2 Å². The lowest BCUT2D eigenvalue weighted by atomic mass is 9.79. The molecule has 0 aromatic heterocycles. The van der Waals surface area contributed by atoms with Crippen LogP contribution in [0.5, 0.6) is 0 Å². The molecule has 4 nitrogen and oxygen atoms in total. The van der Waals surface area contributed by atoms with Crippen LogP contribution in [0.25, 0.3) is 0 Å². The van der Waals surface area contributed by atoms with Crippen molar-refractivity contribution in [2.24, 2.45) is 0 Å². The molecule has 0 spiro atoms. The Kier molecular flexibility index (Phi) is 6.04. The number of rotatable bonds is 4. The Morgan fingerprint density at radius 3 is 2.47 bits per heavy atom. The number of para-hydroxylation sites is 1. The second-order valence-corrected chi connectivity index (χ2v) is 9.59. The van der Waals surface area contributed by atoms with Gasteiger partial charge < -0.3 is 10.6 Å². The van der Waals surface area contributed by atoms with Crippen LogP contribution < -0.4 is 16.0 Å². The highest BCUT2D eigenvalue weighted by molar-refractivity contribution is 6.35. The van der Waals surface area contributed by atoms with Gasteiger partial charge in [-0.1, -0.05) is 71.2 Å². The van der Waals surface area contributed by atoms with Crippen molar-refractivity contribution in [3.8, 4) is 0 Å². The zero-order valence-corrected chi connectivity index (χ0v) is 19.4. The summed E-state index contributed by atoms with van der Waals surface area (Å²) in [5.41, 5.74) is 4.29. The second-order valence-electron chi connectivity index (χ2n) is 8.31. The lowest BCUT2D eigenvalue weighted by Crippen LogP contribution is -2.55. The van der Waals surface area contributed by atoms with Gasteiger partial charge in [0, 0.05) is 33.2 Å². The highest BCUT2D eigenvalue weighted by atomic mass is 35.5. The molecular weight excluding hydrogens is 465 g/mol. The second kappa shape index (κ2) is 8.95. The van der Waals surface area contributed by atoms with Crippen molar-refractivity contribution in [2.75, 3.05) is 5.32 Å². The Hall–Kier alpha value is -2.24. The summed E-state index contributed by atoms with van der Waals surface area (Å²) in [5, 5.41) is 12.1. The molecule has 2 aliphatic heterocycles. The van der Waals surface area contributed by atoms with E-state index in [2.05, 4.69) is 28.1 Å². The van der Waals surface area contributed by atoms with Gasteiger partial charge in [0.05, 0.1) is 18.1 Å². The molecule has 3 aromatic carbocycles. The van der Waals surface area contributed by atoms with E-state index >= 15 is 0 Å². The summed E-state index contributed by atoms with van der Waals surface area (Å²) in [5.74, 6) is 0.161. The number of anilines is 1. The van der Waals surface area contributed by atoms with Gasteiger partial charge in [-0.05, 0) is 53.4 Å². The van der Waals surface area contributed by atoms with Crippen LogP contribution in [0.2, 0.25) is 15.1 Å². The Morgan fingerprint density at radius 1 is 0.938 bits per heavy atom. The minimum Gasteiger partial charge on any atom is -0.380 e. The fraction of sp³-hybridized carbons (Fsp3) is 0.240. The zero-order chi connectivity index (χ0) is 22.2. The van der Waals surface area contributed by atoms with E-state index in [4.69, 9.17) is 34.8 Å². The smallest absolute Gasteiger partial charge is 0.237 e. The maximum Gasteiger partial charge on any atom is 0.237 e. The van der Waals surface area contributed by atoms with Gasteiger partial charge in [-0.15, -0.1) is 0 Å². The van der Waals surface area contributed by atoms with Crippen LogP contribution in [0.4, 0.5) is 5.69 Å². The molecule has 0 aliphatic carbocycles. The average molecular weight is 487 g/mol. The number of hydrogen-bond acceptors (Lipinski definition) is 3. The normalized spacial score (nSPS) is 23.7. The molecule has 0 radical (unpaired) electrons. The summed E-state index contributed by atoms with van der Waals surface area (Å²) in [7, 11) is 0. The molecule has 1 amide bonds. The van der Waals surface area contributed by atoms with Crippen molar-refractivity contribution in [2.45, 2.75) is 37.0 Å². The van der Waals surface area contributed by atoms with Gasteiger partial charge in [0.15, 0.2) is 0 Å². The first kappa shape index (κ1) is 21.6. The largest absolute Gasteiger partial charge is 0.380 e. The third-order valence-electron chi connectivity index (χ3n) is 6.34. The number of carbonyl (C=O) groups is 1. The van der Waals surface area contributed by atoms with Crippen molar-refractivity contribution >= 4 is 46.4 Å². The first-order valence-corrected chi connectivity index (χ1v) is 11.7. The van der Waals surface area contributed by atoms with Crippen molar-refractivity contribution in [1.82, 2.24) is 10.6 Å². The number of hydrogen-bond donors (Lipinski definition) is 3. The molecule has 1 fully saturated rings. The van der Waals surface area contributed by atoms with Crippen LogP contribution in [0.1, 0.15) is 35.1 Å². The van der Waals surface area contributed by atoms with Crippen LogP contribution in [0.3, 0.4) is 0 Å². The average Bonchev–Trinajstić information content (AvgIpc) is 3.17. The Balaban J connectivity index is 1.41. The van der Waals surface area contributed by atoms with E-state index in [0.717, 1.165) is 16.8 Å². The molecule has 7 heteroatoms. The molecule has 3 N–H and O–H groups in total. The number of halogens is 3. The predicted octanol–water partition coefficient (Wildman–Crippen LogP) is 5.94. The molecule has 0 bridgehead atoms. The Bertz CT molecular complexity index is 1150. The Morgan fingerprint density at radius 2 is 1.69 bits per heavy atom. The van der Waals surface area contributed by atoms with E-state index in [1.807, 2.05) is 48.5 Å². The third-order valence-corrected chi connectivity index (χ3v) is 7.15. The standard InChI is InChI=1S/C25H22Cl3N3O/c26-15-7-5-14(6-8-15)13-29-25(32)22-12-19-17-3-1-2-4-21(17)30-24(19)23(31-22)18-10-9-16(27)11-20(18)28/h1-11,19,22-24,30-31H,12-13H2,(H,29,32)/t19?,22-,23+,24?/m1/s1. The van der Waals surface area contributed by atoms with Crippen LogP contribution in [-0.4, -0.2) is 18.0 Å². The summed E-state index contributed by atoms with van der Waals surface area (Å²) in [6, 6.07) is 20.9. The van der Waals surface area contributed by atoms with Crippen LogP contribution in [-0.2, 0) is 11.3 Å². The van der Waals surface area contributed by atoms with Crippen LogP contribution >= 0.6 is 34.8 Å². The minimum absolute atomic E-state index is 0.0298. The van der Waals surface area contributed by atoms with E-state index in [1.165, 1.54) is 5.56 Å². The SMILES string of the molecule is O=C(NCc1ccc(Cl)cc1)[C@H]1CC2c3ccccc3NC2[C@H](c2ccc(Cl)cc2Cl)N1. The molecular formula is C25H22Cl3N3O. The van der Waals surface area contributed by atoms with Crippen molar-refractivity contribution in [1.29, 1.82) is 0 Å². The van der Waals surface area contributed by atoms with Gasteiger partial charge in [0.2, 0.25) is 5.91 Å². The highest BCUT2D eigenvalue weighted by Gasteiger charge is 2.45. The van der Waals surface area contributed by atoms with Gasteiger partial charge in [0.25, 0.3) is 0 Å². The number of nitrogens with one attached hydrogen (secondary N) is 3. The van der Waals surface area contributed by atoms with E-state index in [9.17, 15) is 4.79 Å². The van der Waals surface area contributed by atoms with Crippen LogP contribution in [0.15, 0.2) is 66.7 Å². The van der Waals surface area contributed by atoms with Crippen molar-refractivity contribution in [3.05, 3.63) is 98.5 Å². The number of fused-ring (bicyclic) bond motifs is 3. The lowest BCUT2D eigenvalue weighted by Gasteiger charge is -2.40. The molecule has 164 valence electrons. The number of carbonyl (C=O) groups excluding carboxylic acids is 1. The van der Waals surface area contributed by atoms with E-state index in [-0.39, 0.29) is 30.0 Å². The van der Waals surface area contributed by atoms with E-state index < -0.39 is 0 Å². The zero-order valence-electron chi connectivity index (χ0n) is 17.1. The fourth-order valence-corrected chi connectivity index (χ4v) is 5.44.